The Morgan fingerprint density at radius 1 is 0.871 bits per heavy atom. The Kier molecular flexibility index (Phi) is 7.24. The number of benzene rings is 3. The van der Waals surface area contributed by atoms with Gasteiger partial charge in [0.05, 0.1) is 5.92 Å². The molecule has 3 aromatic rings. The van der Waals surface area contributed by atoms with Gasteiger partial charge in [-0.25, -0.2) is 0 Å². The largest absolute Gasteiger partial charge is 0.372 e. The molecule has 0 bridgehead atoms. The van der Waals surface area contributed by atoms with Gasteiger partial charge in [0, 0.05) is 35.6 Å². The van der Waals surface area contributed by atoms with E-state index in [1.165, 1.54) is 0 Å². The number of hydrogen-bond acceptors (Lipinski definition) is 3. The van der Waals surface area contributed by atoms with Crippen LogP contribution < -0.4 is 10.2 Å². The second kappa shape index (κ2) is 10.1. The van der Waals surface area contributed by atoms with Crippen molar-refractivity contribution in [1.82, 2.24) is 0 Å². The molecule has 1 unspecified atom stereocenters. The van der Waals surface area contributed by atoms with Gasteiger partial charge in [0.25, 0.3) is 0 Å². The summed E-state index contributed by atoms with van der Waals surface area (Å²) in [5, 5.41) is 3.05. The van der Waals surface area contributed by atoms with Crippen molar-refractivity contribution in [1.29, 1.82) is 0 Å². The third-order valence-electron chi connectivity index (χ3n) is 5.67. The maximum Gasteiger partial charge on any atom is 0.231 e. The second-order valence-corrected chi connectivity index (χ2v) is 7.70. The van der Waals surface area contributed by atoms with Crippen molar-refractivity contribution < 1.29 is 9.59 Å². The summed E-state index contributed by atoms with van der Waals surface area (Å²) in [6.45, 7) is 10.0. The molecule has 0 aliphatic rings. The molecule has 4 heteroatoms. The van der Waals surface area contributed by atoms with E-state index in [1.54, 1.807) is 18.2 Å². The zero-order valence-electron chi connectivity index (χ0n) is 18.7. The molecule has 0 heterocycles. The molecular weight excluding hydrogens is 384 g/mol. The fourth-order valence-corrected chi connectivity index (χ4v) is 3.67. The quantitative estimate of drug-likeness (QED) is 0.473. The van der Waals surface area contributed by atoms with Crippen LogP contribution in [-0.2, 0) is 4.79 Å². The zero-order chi connectivity index (χ0) is 22.4. The summed E-state index contributed by atoms with van der Waals surface area (Å²) in [5.41, 5.74) is 5.03. The van der Waals surface area contributed by atoms with Crippen LogP contribution in [-0.4, -0.2) is 24.8 Å². The number of anilines is 2. The minimum Gasteiger partial charge on any atom is -0.372 e. The standard InChI is InChI=1S/C27H30N2O2/c1-5-29(6-2)24-15-16-25(19(3)17-24)28-27(31)20(4)22-13-10-14-23(18-22)26(30)21-11-8-7-9-12-21/h7-18,20H,5-6H2,1-4H3,(H,28,31). The van der Waals surface area contributed by atoms with Crippen molar-refractivity contribution in [2.24, 2.45) is 0 Å². The fourth-order valence-electron chi connectivity index (χ4n) is 3.67. The van der Waals surface area contributed by atoms with Crippen molar-refractivity contribution in [3.8, 4) is 0 Å². The highest BCUT2D eigenvalue weighted by molar-refractivity contribution is 6.09. The normalized spacial score (nSPS) is 11.6. The topological polar surface area (TPSA) is 49.4 Å². The molecule has 0 saturated carbocycles. The molecule has 31 heavy (non-hydrogen) atoms. The Balaban J connectivity index is 1.75. The Labute approximate surface area is 184 Å². The molecule has 1 atom stereocenters. The van der Waals surface area contributed by atoms with Crippen molar-refractivity contribution in [3.63, 3.8) is 0 Å². The molecule has 0 fully saturated rings. The highest BCUT2D eigenvalue weighted by atomic mass is 16.2. The molecule has 3 rings (SSSR count). The van der Waals surface area contributed by atoms with E-state index in [0.717, 1.165) is 35.6 Å². The van der Waals surface area contributed by atoms with Crippen molar-refractivity contribution >= 4 is 23.1 Å². The number of ketones is 1. The van der Waals surface area contributed by atoms with Gasteiger partial charge in [-0.05, 0) is 63.1 Å². The first-order chi connectivity index (χ1) is 14.9. The number of amides is 1. The number of carbonyl (C=O) groups is 2. The van der Waals surface area contributed by atoms with Crippen molar-refractivity contribution in [2.75, 3.05) is 23.3 Å². The first-order valence-electron chi connectivity index (χ1n) is 10.8. The summed E-state index contributed by atoms with van der Waals surface area (Å²) < 4.78 is 0. The van der Waals surface area contributed by atoms with Crippen LogP contribution in [0.15, 0.2) is 72.8 Å². The predicted molar refractivity (Wildman–Crippen MR) is 128 cm³/mol. The average Bonchev–Trinajstić information content (AvgIpc) is 2.81. The van der Waals surface area contributed by atoms with E-state index in [1.807, 2.05) is 62.4 Å². The van der Waals surface area contributed by atoms with Crippen LogP contribution in [0.4, 0.5) is 11.4 Å². The third-order valence-corrected chi connectivity index (χ3v) is 5.67. The van der Waals surface area contributed by atoms with E-state index in [4.69, 9.17) is 0 Å². The molecular formula is C27H30N2O2. The number of rotatable bonds is 8. The highest BCUT2D eigenvalue weighted by Crippen LogP contribution is 2.25. The van der Waals surface area contributed by atoms with Gasteiger partial charge in [0.15, 0.2) is 5.78 Å². The summed E-state index contributed by atoms with van der Waals surface area (Å²) in [6, 6.07) is 22.6. The lowest BCUT2D eigenvalue weighted by atomic mass is 9.95. The molecule has 0 saturated heterocycles. The molecule has 4 nitrogen and oxygen atoms in total. The van der Waals surface area contributed by atoms with E-state index in [2.05, 4.69) is 30.1 Å². The lowest BCUT2D eigenvalue weighted by molar-refractivity contribution is -0.117. The molecule has 0 aliphatic heterocycles. The van der Waals surface area contributed by atoms with Gasteiger partial charge in [-0.15, -0.1) is 0 Å². The maximum absolute atomic E-state index is 12.9. The summed E-state index contributed by atoms with van der Waals surface area (Å²) in [7, 11) is 0. The summed E-state index contributed by atoms with van der Waals surface area (Å²) in [4.78, 5) is 28.0. The molecule has 0 radical (unpaired) electrons. The number of aryl methyl sites for hydroxylation is 1. The highest BCUT2D eigenvalue weighted by Gasteiger charge is 2.18. The maximum atomic E-state index is 12.9. The molecule has 0 spiro atoms. The molecule has 1 N–H and O–H groups in total. The Morgan fingerprint density at radius 2 is 1.55 bits per heavy atom. The molecule has 3 aromatic carbocycles. The van der Waals surface area contributed by atoms with Gasteiger partial charge < -0.3 is 10.2 Å². The lowest BCUT2D eigenvalue weighted by Gasteiger charge is -2.22. The minimum atomic E-state index is -0.384. The predicted octanol–water partition coefficient (Wildman–Crippen LogP) is 5.81. The van der Waals surface area contributed by atoms with E-state index < -0.39 is 0 Å². The Morgan fingerprint density at radius 3 is 2.19 bits per heavy atom. The van der Waals surface area contributed by atoms with Gasteiger partial charge in [0.2, 0.25) is 5.91 Å². The van der Waals surface area contributed by atoms with E-state index in [-0.39, 0.29) is 17.6 Å². The van der Waals surface area contributed by atoms with Crippen molar-refractivity contribution in [2.45, 2.75) is 33.6 Å². The van der Waals surface area contributed by atoms with Gasteiger partial charge >= 0.3 is 0 Å². The number of hydrogen-bond donors (Lipinski definition) is 1. The monoisotopic (exact) mass is 414 g/mol. The minimum absolute atomic E-state index is 0.0436. The number of carbonyl (C=O) groups excluding carboxylic acids is 2. The molecule has 160 valence electrons. The van der Waals surface area contributed by atoms with Crippen LogP contribution in [0.5, 0.6) is 0 Å². The molecule has 0 aromatic heterocycles. The van der Waals surface area contributed by atoms with Crippen LogP contribution in [0.2, 0.25) is 0 Å². The first kappa shape index (κ1) is 22.3. The van der Waals surface area contributed by atoms with Gasteiger partial charge in [-0.1, -0.05) is 48.5 Å². The van der Waals surface area contributed by atoms with Gasteiger partial charge in [-0.2, -0.15) is 0 Å². The van der Waals surface area contributed by atoms with Crippen LogP contribution in [0.3, 0.4) is 0 Å². The summed E-state index contributed by atoms with van der Waals surface area (Å²) >= 11 is 0. The fraction of sp³-hybridized carbons (Fsp3) is 0.259. The second-order valence-electron chi connectivity index (χ2n) is 7.70. The summed E-state index contributed by atoms with van der Waals surface area (Å²) in [5.74, 6) is -0.522. The van der Waals surface area contributed by atoms with E-state index in [9.17, 15) is 9.59 Å². The Bertz CT molecular complexity index is 1060. The molecule has 1 amide bonds. The van der Waals surface area contributed by atoms with E-state index >= 15 is 0 Å². The number of nitrogens with zero attached hydrogens (tertiary/aromatic N) is 1. The van der Waals surface area contributed by atoms with E-state index in [0.29, 0.717) is 11.1 Å². The van der Waals surface area contributed by atoms with Crippen LogP contribution in [0, 0.1) is 6.92 Å². The first-order valence-corrected chi connectivity index (χ1v) is 10.8. The average molecular weight is 415 g/mol. The SMILES string of the molecule is CCN(CC)c1ccc(NC(=O)C(C)c2cccc(C(=O)c3ccccc3)c2)c(C)c1. The van der Waals surface area contributed by atoms with Crippen LogP contribution >= 0.6 is 0 Å². The third kappa shape index (κ3) is 5.21. The van der Waals surface area contributed by atoms with Gasteiger partial charge in [-0.3, -0.25) is 9.59 Å². The van der Waals surface area contributed by atoms with Crippen molar-refractivity contribution in [3.05, 3.63) is 95.1 Å². The number of nitrogens with one attached hydrogen (secondary N) is 1. The van der Waals surface area contributed by atoms with Crippen LogP contribution in [0.25, 0.3) is 0 Å². The van der Waals surface area contributed by atoms with Crippen LogP contribution in [0.1, 0.15) is 53.7 Å². The lowest BCUT2D eigenvalue weighted by Crippen LogP contribution is -2.22. The smallest absolute Gasteiger partial charge is 0.231 e. The Hall–Kier alpha value is -3.40. The molecule has 0 aliphatic carbocycles. The zero-order valence-corrected chi connectivity index (χ0v) is 18.7. The summed E-state index contributed by atoms with van der Waals surface area (Å²) in [6.07, 6.45) is 0. The van der Waals surface area contributed by atoms with Gasteiger partial charge in [0.1, 0.15) is 0 Å².